The van der Waals surface area contributed by atoms with E-state index in [0.29, 0.717) is 10.6 Å². The lowest BCUT2D eigenvalue weighted by atomic mass is 10.0. The number of anilines is 1. The van der Waals surface area contributed by atoms with Crippen LogP contribution in [0.15, 0.2) is 52.3 Å². The summed E-state index contributed by atoms with van der Waals surface area (Å²) in [5.41, 5.74) is 6.21. The van der Waals surface area contributed by atoms with Crippen LogP contribution < -0.4 is 10.2 Å². The minimum atomic E-state index is -0.392. The van der Waals surface area contributed by atoms with Gasteiger partial charge in [0.05, 0.1) is 10.6 Å². The number of allylic oxidation sites excluding steroid dienone is 1. The zero-order chi connectivity index (χ0) is 21.4. The lowest BCUT2D eigenvalue weighted by Crippen LogP contribution is -2.24. The van der Waals surface area contributed by atoms with E-state index in [1.807, 2.05) is 63.2 Å². The second-order valence-corrected chi connectivity index (χ2v) is 8.20. The Hall–Kier alpha value is -3.45. The van der Waals surface area contributed by atoms with Crippen LogP contribution in [0.25, 0.3) is 11.6 Å². The maximum absolute atomic E-state index is 12.5. The van der Waals surface area contributed by atoms with Crippen LogP contribution in [0.5, 0.6) is 5.88 Å². The first-order chi connectivity index (χ1) is 14.3. The number of amides is 1. The third-order valence-corrected chi connectivity index (χ3v) is 6.14. The van der Waals surface area contributed by atoms with Crippen molar-refractivity contribution in [2.24, 2.45) is 4.99 Å². The van der Waals surface area contributed by atoms with Gasteiger partial charge >= 0.3 is 4.87 Å². The second-order valence-electron chi connectivity index (χ2n) is 7.21. The molecule has 0 aliphatic carbocycles. The van der Waals surface area contributed by atoms with Gasteiger partial charge in [0, 0.05) is 22.5 Å². The van der Waals surface area contributed by atoms with Crippen LogP contribution in [0.2, 0.25) is 0 Å². The third-order valence-electron chi connectivity index (χ3n) is 5.22. The molecule has 2 heterocycles. The fraction of sp³-hybridized carbons (Fsp3) is 0.174. The first-order valence-corrected chi connectivity index (χ1v) is 10.3. The number of rotatable bonds is 4. The standard InChI is InChI=1S/C23H21N3O3S/c1-13-7-6-10-18(14(13)2)25-21(27)12-26-22(28)20(30-23(26)29)11-17-15(3)24-19-9-5-4-8-16(17)19/h4-11,28H,12H2,1-3H3,(H,25,27). The predicted octanol–water partition coefficient (Wildman–Crippen LogP) is 4.52. The van der Waals surface area contributed by atoms with Crippen LogP contribution in [0.1, 0.15) is 28.5 Å². The van der Waals surface area contributed by atoms with Crippen molar-refractivity contribution in [3.63, 3.8) is 0 Å². The Morgan fingerprint density at radius 1 is 1.17 bits per heavy atom. The van der Waals surface area contributed by atoms with Crippen LogP contribution in [-0.2, 0) is 11.3 Å². The summed E-state index contributed by atoms with van der Waals surface area (Å²) in [6.45, 7) is 5.51. The number of nitrogens with zero attached hydrogens (tertiary/aromatic N) is 2. The monoisotopic (exact) mass is 419 g/mol. The van der Waals surface area contributed by atoms with E-state index in [1.54, 1.807) is 6.08 Å². The predicted molar refractivity (Wildman–Crippen MR) is 122 cm³/mol. The number of para-hydroxylation sites is 1. The Bertz CT molecular complexity index is 1280. The topological polar surface area (TPSA) is 83.7 Å². The number of hydrogen-bond donors (Lipinski definition) is 2. The zero-order valence-electron chi connectivity index (χ0n) is 16.9. The van der Waals surface area contributed by atoms with E-state index in [4.69, 9.17) is 0 Å². The van der Waals surface area contributed by atoms with Crippen molar-refractivity contribution in [3.05, 3.63) is 73.7 Å². The first-order valence-electron chi connectivity index (χ1n) is 9.50. The third kappa shape index (κ3) is 3.59. The van der Waals surface area contributed by atoms with Crippen molar-refractivity contribution >= 4 is 46.0 Å². The smallest absolute Gasteiger partial charge is 0.311 e. The largest absolute Gasteiger partial charge is 0.493 e. The van der Waals surface area contributed by atoms with Crippen molar-refractivity contribution < 1.29 is 9.90 Å². The maximum atomic E-state index is 12.5. The van der Waals surface area contributed by atoms with Crippen LogP contribution in [-0.4, -0.2) is 21.3 Å². The van der Waals surface area contributed by atoms with E-state index in [9.17, 15) is 14.7 Å². The number of hydrogen-bond acceptors (Lipinski definition) is 5. The van der Waals surface area contributed by atoms with E-state index in [-0.39, 0.29) is 18.3 Å². The highest BCUT2D eigenvalue weighted by Crippen LogP contribution is 2.37. The van der Waals surface area contributed by atoms with E-state index < -0.39 is 4.87 Å². The molecule has 1 aliphatic rings. The molecular weight excluding hydrogens is 398 g/mol. The molecule has 152 valence electrons. The highest BCUT2D eigenvalue weighted by Gasteiger charge is 2.21. The van der Waals surface area contributed by atoms with Gasteiger partial charge in [-0.05, 0) is 50.1 Å². The molecule has 30 heavy (non-hydrogen) atoms. The average Bonchev–Trinajstić information content (AvgIpc) is 3.16. The number of aliphatic imine (C=N–C) groups is 1. The Morgan fingerprint density at radius 3 is 2.73 bits per heavy atom. The van der Waals surface area contributed by atoms with Crippen molar-refractivity contribution in [2.75, 3.05) is 5.32 Å². The number of carbonyl (C=O) groups is 1. The molecule has 1 aliphatic heterocycles. The van der Waals surface area contributed by atoms with Gasteiger partial charge in [0.15, 0.2) is 0 Å². The molecule has 6 nitrogen and oxygen atoms in total. The van der Waals surface area contributed by atoms with Crippen LogP contribution in [0, 0.1) is 13.8 Å². The van der Waals surface area contributed by atoms with E-state index in [2.05, 4.69) is 10.3 Å². The van der Waals surface area contributed by atoms with Gasteiger partial charge in [-0.1, -0.05) is 41.7 Å². The highest BCUT2D eigenvalue weighted by molar-refractivity contribution is 7.10. The molecule has 3 aromatic rings. The van der Waals surface area contributed by atoms with Crippen molar-refractivity contribution in [1.29, 1.82) is 0 Å². The molecule has 2 aromatic carbocycles. The number of thiazole rings is 1. The summed E-state index contributed by atoms with van der Waals surface area (Å²) in [5.74, 6) is -0.590. The van der Waals surface area contributed by atoms with Gasteiger partial charge < -0.3 is 10.4 Å². The van der Waals surface area contributed by atoms with Crippen molar-refractivity contribution in [2.45, 2.75) is 27.3 Å². The van der Waals surface area contributed by atoms with Crippen LogP contribution >= 0.6 is 11.3 Å². The highest BCUT2D eigenvalue weighted by atomic mass is 32.1. The van der Waals surface area contributed by atoms with Gasteiger partial charge in [-0.25, -0.2) is 0 Å². The summed E-state index contributed by atoms with van der Waals surface area (Å²) < 4.78 is 1.09. The van der Waals surface area contributed by atoms with E-state index in [1.165, 1.54) is 0 Å². The minimum absolute atomic E-state index is 0.217. The Kier molecular flexibility index (Phi) is 5.13. The molecule has 1 amide bonds. The van der Waals surface area contributed by atoms with Gasteiger partial charge in [-0.15, -0.1) is 0 Å². The maximum Gasteiger partial charge on any atom is 0.311 e. The van der Waals surface area contributed by atoms with Gasteiger partial charge in [0.1, 0.15) is 6.54 Å². The molecule has 0 atom stereocenters. The molecule has 0 radical (unpaired) electrons. The average molecular weight is 420 g/mol. The van der Waals surface area contributed by atoms with E-state index in [0.717, 1.165) is 49.6 Å². The lowest BCUT2D eigenvalue weighted by molar-refractivity contribution is -0.116. The normalized spacial score (nSPS) is 14.0. The molecule has 1 aromatic heterocycles. The van der Waals surface area contributed by atoms with Gasteiger partial charge in [-0.3, -0.25) is 19.1 Å². The first kappa shape index (κ1) is 19.8. The second kappa shape index (κ2) is 7.76. The molecular formula is C23H21N3O3S. The molecule has 7 heteroatoms. The van der Waals surface area contributed by atoms with Crippen LogP contribution in [0.3, 0.4) is 0 Å². The SMILES string of the molecule is CC1=Nc2ccccc2C1=Cc1sc(=O)n(CC(=O)Nc2cccc(C)c2C)c1O. The molecule has 4 rings (SSSR count). The fourth-order valence-electron chi connectivity index (χ4n) is 3.42. The number of aromatic nitrogens is 1. The quantitative estimate of drug-likeness (QED) is 0.652. The summed E-state index contributed by atoms with van der Waals surface area (Å²) in [7, 11) is 0. The molecule has 0 fully saturated rings. The van der Waals surface area contributed by atoms with Crippen LogP contribution in [0.4, 0.5) is 11.4 Å². The Morgan fingerprint density at radius 2 is 1.93 bits per heavy atom. The molecule has 0 spiro atoms. The number of aryl methyl sites for hydroxylation is 1. The summed E-state index contributed by atoms with van der Waals surface area (Å²) in [6.07, 6.45) is 1.76. The summed E-state index contributed by atoms with van der Waals surface area (Å²) in [4.78, 5) is 29.5. The zero-order valence-corrected chi connectivity index (χ0v) is 17.7. The van der Waals surface area contributed by atoms with Gasteiger partial charge in [-0.2, -0.15) is 0 Å². The molecule has 0 saturated carbocycles. The molecule has 0 unspecified atom stereocenters. The number of fused-ring (bicyclic) bond motifs is 1. The summed E-state index contributed by atoms with van der Waals surface area (Å²) in [6, 6.07) is 13.4. The molecule has 0 saturated heterocycles. The van der Waals surface area contributed by atoms with Gasteiger partial charge in [0.2, 0.25) is 11.8 Å². The number of aromatic hydroxyl groups is 1. The number of carbonyl (C=O) groups excluding carboxylic acids is 1. The number of nitrogens with one attached hydrogen (secondary N) is 1. The lowest BCUT2D eigenvalue weighted by Gasteiger charge is -2.10. The van der Waals surface area contributed by atoms with Crippen molar-refractivity contribution in [1.82, 2.24) is 4.57 Å². The van der Waals surface area contributed by atoms with Crippen molar-refractivity contribution in [3.8, 4) is 5.88 Å². The van der Waals surface area contributed by atoms with Gasteiger partial charge in [0.25, 0.3) is 0 Å². The molecule has 0 bridgehead atoms. The molecule has 2 N–H and O–H groups in total. The minimum Gasteiger partial charge on any atom is -0.493 e. The number of benzene rings is 2. The summed E-state index contributed by atoms with van der Waals surface area (Å²) >= 11 is 0.904. The Labute approximate surface area is 177 Å². The fourth-order valence-corrected chi connectivity index (χ4v) is 4.24. The Balaban J connectivity index is 1.60. The van der Waals surface area contributed by atoms with E-state index >= 15 is 0 Å². The summed E-state index contributed by atoms with van der Waals surface area (Å²) in [5, 5.41) is 13.4.